The zero-order valence-electron chi connectivity index (χ0n) is 16.1. The predicted molar refractivity (Wildman–Crippen MR) is 116 cm³/mol. The highest BCUT2D eigenvalue weighted by Crippen LogP contribution is 2.36. The fraction of sp³-hybridized carbons (Fsp3) is 0.227. The van der Waals surface area contributed by atoms with Gasteiger partial charge in [0.2, 0.25) is 0 Å². The molecule has 0 amide bonds. The molecule has 0 aliphatic carbocycles. The third-order valence-corrected chi connectivity index (χ3v) is 5.75. The molecule has 1 aliphatic heterocycles. The van der Waals surface area contributed by atoms with Crippen molar-refractivity contribution in [2.75, 3.05) is 23.7 Å². The normalized spacial score (nSPS) is 16.4. The third kappa shape index (κ3) is 3.89. The highest BCUT2D eigenvalue weighted by Gasteiger charge is 2.25. The number of para-hydroxylation sites is 1. The number of hydrogen-bond acceptors (Lipinski definition) is 6. The van der Waals surface area contributed by atoms with Gasteiger partial charge in [0.15, 0.2) is 5.82 Å². The first-order valence-electron chi connectivity index (χ1n) is 9.63. The molecule has 154 valence electrons. The number of aromatic carboxylic acids is 1. The number of halogens is 1. The first-order chi connectivity index (χ1) is 14.4. The number of aromatic nitrogens is 2. The summed E-state index contributed by atoms with van der Waals surface area (Å²) < 4.78 is 0. The van der Waals surface area contributed by atoms with Crippen LogP contribution in [0.4, 0.5) is 11.5 Å². The first kappa shape index (κ1) is 20.0. The zero-order valence-corrected chi connectivity index (χ0v) is 16.9. The van der Waals surface area contributed by atoms with Crippen molar-refractivity contribution in [3.8, 4) is 17.0 Å². The minimum absolute atomic E-state index is 0.1000. The van der Waals surface area contributed by atoms with E-state index in [2.05, 4.69) is 15.1 Å². The van der Waals surface area contributed by atoms with Crippen LogP contribution in [0.15, 0.2) is 48.5 Å². The van der Waals surface area contributed by atoms with Crippen LogP contribution < -0.4 is 10.6 Å². The van der Waals surface area contributed by atoms with Crippen LogP contribution in [0.2, 0.25) is 5.02 Å². The van der Waals surface area contributed by atoms with E-state index in [1.165, 1.54) is 0 Å². The lowest BCUT2D eigenvalue weighted by Crippen LogP contribution is -2.35. The summed E-state index contributed by atoms with van der Waals surface area (Å²) in [6, 6.07) is 13.9. The number of phenolic OH excluding ortho intramolecular Hbond substituents is 1. The summed E-state index contributed by atoms with van der Waals surface area (Å²) in [7, 11) is 0. The fourth-order valence-corrected chi connectivity index (χ4v) is 4.16. The maximum atomic E-state index is 11.2. The Morgan fingerprint density at radius 1 is 1.17 bits per heavy atom. The first-order valence-corrected chi connectivity index (χ1v) is 10.0. The SMILES string of the molecule is Nc1nnc(-c2ccccc2O)cc1N1CCCC(c2ccc(C(=O)O)c(Cl)c2)C1. The molecule has 1 aromatic heterocycles. The molecule has 30 heavy (non-hydrogen) atoms. The smallest absolute Gasteiger partial charge is 0.337 e. The van der Waals surface area contributed by atoms with Crippen LogP contribution in [-0.4, -0.2) is 39.5 Å². The van der Waals surface area contributed by atoms with Gasteiger partial charge in [0.1, 0.15) is 5.75 Å². The predicted octanol–water partition coefficient (Wildman–Crippen LogP) is 4.17. The Morgan fingerprint density at radius 2 is 1.97 bits per heavy atom. The lowest BCUT2D eigenvalue weighted by Gasteiger charge is -2.35. The molecule has 0 bridgehead atoms. The van der Waals surface area contributed by atoms with Crippen molar-refractivity contribution >= 4 is 29.1 Å². The summed E-state index contributed by atoms with van der Waals surface area (Å²) >= 11 is 6.17. The lowest BCUT2D eigenvalue weighted by molar-refractivity contribution is 0.0697. The summed E-state index contributed by atoms with van der Waals surface area (Å²) in [5.74, 6) is -0.398. The van der Waals surface area contributed by atoms with Crippen molar-refractivity contribution in [2.45, 2.75) is 18.8 Å². The van der Waals surface area contributed by atoms with Gasteiger partial charge in [-0.15, -0.1) is 10.2 Å². The highest BCUT2D eigenvalue weighted by atomic mass is 35.5. The van der Waals surface area contributed by atoms with Gasteiger partial charge in [-0.25, -0.2) is 4.79 Å². The second-order valence-corrected chi connectivity index (χ2v) is 7.75. The van der Waals surface area contributed by atoms with Crippen molar-refractivity contribution in [3.63, 3.8) is 0 Å². The number of nitrogens with zero attached hydrogens (tertiary/aromatic N) is 3. The second-order valence-electron chi connectivity index (χ2n) is 7.35. The number of anilines is 2. The molecule has 8 heteroatoms. The number of piperidine rings is 1. The second kappa shape index (κ2) is 8.20. The number of nitrogens with two attached hydrogens (primary N) is 1. The molecule has 0 radical (unpaired) electrons. The molecule has 1 aliphatic rings. The average molecular weight is 425 g/mol. The largest absolute Gasteiger partial charge is 0.507 e. The van der Waals surface area contributed by atoms with E-state index in [1.807, 2.05) is 18.2 Å². The quantitative estimate of drug-likeness (QED) is 0.576. The van der Waals surface area contributed by atoms with E-state index in [4.69, 9.17) is 17.3 Å². The number of carboxylic acid groups (broad SMARTS) is 1. The Hall–Kier alpha value is -3.32. The molecule has 4 rings (SSSR count). The minimum atomic E-state index is -1.04. The van der Waals surface area contributed by atoms with Crippen LogP contribution in [0.1, 0.15) is 34.7 Å². The van der Waals surface area contributed by atoms with E-state index in [0.29, 0.717) is 23.6 Å². The molecule has 2 heterocycles. The van der Waals surface area contributed by atoms with Gasteiger partial charge >= 0.3 is 5.97 Å². The Kier molecular flexibility index (Phi) is 5.46. The van der Waals surface area contributed by atoms with E-state index in [9.17, 15) is 15.0 Å². The van der Waals surface area contributed by atoms with E-state index in [0.717, 1.165) is 30.6 Å². The molecule has 7 nitrogen and oxygen atoms in total. The number of rotatable bonds is 4. The van der Waals surface area contributed by atoms with Crippen molar-refractivity contribution < 1.29 is 15.0 Å². The molecule has 1 unspecified atom stereocenters. The molecular formula is C22H21ClN4O3. The van der Waals surface area contributed by atoms with Crippen LogP contribution in [0.5, 0.6) is 5.75 Å². The van der Waals surface area contributed by atoms with Crippen molar-refractivity contribution in [2.24, 2.45) is 0 Å². The Morgan fingerprint density at radius 3 is 2.70 bits per heavy atom. The third-order valence-electron chi connectivity index (χ3n) is 5.44. The van der Waals surface area contributed by atoms with E-state index >= 15 is 0 Å². The highest BCUT2D eigenvalue weighted by molar-refractivity contribution is 6.33. The number of hydrogen-bond donors (Lipinski definition) is 3. The van der Waals surface area contributed by atoms with Gasteiger partial charge in [-0.05, 0) is 48.7 Å². The standard InChI is InChI=1S/C22H21ClN4O3/c23-17-10-13(7-8-15(17)22(29)30)14-4-3-9-27(12-14)19-11-18(25-26-21(19)24)16-5-1-2-6-20(16)28/h1-2,5-8,10-11,14,28H,3-4,9,12H2,(H2,24,26)(H,29,30). The van der Waals surface area contributed by atoms with Crippen LogP contribution in [0.25, 0.3) is 11.3 Å². The number of benzene rings is 2. The fourth-order valence-electron chi connectivity index (χ4n) is 3.89. The number of aromatic hydroxyl groups is 1. The molecule has 1 saturated heterocycles. The monoisotopic (exact) mass is 424 g/mol. The van der Waals surface area contributed by atoms with E-state index in [1.54, 1.807) is 30.3 Å². The molecular weight excluding hydrogens is 404 g/mol. The van der Waals surface area contributed by atoms with Gasteiger partial charge in [0, 0.05) is 24.6 Å². The zero-order chi connectivity index (χ0) is 21.3. The molecule has 0 spiro atoms. The van der Waals surface area contributed by atoms with Gasteiger partial charge < -0.3 is 20.8 Å². The molecule has 4 N–H and O–H groups in total. The Labute approximate surface area is 178 Å². The van der Waals surface area contributed by atoms with Crippen molar-refractivity contribution in [3.05, 3.63) is 64.7 Å². The van der Waals surface area contributed by atoms with E-state index < -0.39 is 5.97 Å². The molecule has 2 aromatic carbocycles. The minimum Gasteiger partial charge on any atom is -0.507 e. The van der Waals surface area contributed by atoms with Gasteiger partial charge in [-0.3, -0.25) is 0 Å². The van der Waals surface area contributed by atoms with Crippen molar-refractivity contribution in [1.29, 1.82) is 0 Å². The van der Waals surface area contributed by atoms with Gasteiger partial charge in [0.05, 0.1) is 22.0 Å². The summed E-state index contributed by atoms with van der Waals surface area (Å²) in [4.78, 5) is 13.4. The summed E-state index contributed by atoms with van der Waals surface area (Å²) in [5, 5.41) is 27.8. The van der Waals surface area contributed by atoms with E-state index in [-0.39, 0.29) is 22.3 Å². The van der Waals surface area contributed by atoms with Crippen LogP contribution >= 0.6 is 11.6 Å². The number of phenols is 1. The molecule has 1 fully saturated rings. The summed E-state index contributed by atoms with van der Waals surface area (Å²) in [6.45, 7) is 1.51. The topological polar surface area (TPSA) is 113 Å². The van der Waals surface area contributed by atoms with Gasteiger partial charge in [-0.1, -0.05) is 29.8 Å². The Balaban J connectivity index is 1.62. The van der Waals surface area contributed by atoms with Crippen LogP contribution in [0, 0.1) is 0 Å². The van der Waals surface area contributed by atoms with Gasteiger partial charge in [-0.2, -0.15) is 0 Å². The van der Waals surface area contributed by atoms with Crippen LogP contribution in [0.3, 0.4) is 0 Å². The Bertz CT molecular complexity index is 1110. The number of carbonyl (C=O) groups is 1. The molecule has 0 saturated carbocycles. The van der Waals surface area contributed by atoms with Gasteiger partial charge in [0.25, 0.3) is 0 Å². The molecule has 3 aromatic rings. The summed E-state index contributed by atoms with van der Waals surface area (Å²) in [5.41, 5.74) is 9.14. The number of carboxylic acids is 1. The average Bonchev–Trinajstić information content (AvgIpc) is 2.74. The maximum absolute atomic E-state index is 11.2. The number of nitrogen functional groups attached to an aromatic ring is 1. The summed E-state index contributed by atoms with van der Waals surface area (Å²) in [6.07, 6.45) is 1.90. The lowest BCUT2D eigenvalue weighted by atomic mass is 9.89. The molecule has 1 atom stereocenters. The van der Waals surface area contributed by atoms with Crippen molar-refractivity contribution in [1.82, 2.24) is 10.2 Å². The van der Waals surface area contributed by atoms with Crippen LogP contribution in [-0.2, 0) is 0 Å². The maximum Gasteiger partial charge on any atom is 0.337 e.